The van der Waals surface area contributed by atoms with Gasteiger partial charge in [0.15, 0.2) is 0 Å². The Morgan fingerprint density at radius 3 is 2.75 bits per heavy atom. The summed E-state index contributed by atoms with van der Waals surface area (Å²) in [5, 5.41) is 1.17. The Morgan fingerprint density at radius 1 is 1.11 bits per heavy atom. The zero-order valence-electron chi connectivity index (χ0n) is 15.6. The van der Waals surface area contributed by atoms with Crippen LogP contribution in [0.15, 0.2) is 57.7 Å². The molecule has 5 heteroatoms. The van der Waals surface area contributed by atoms with Crippen molar-refractivity contribution >= 4 is 28.5 Å². The minimum atomic E-state index is -0.493. The van der Waals surface area contributed by atoms with E-state index in [-0.39, 0.29) is 12.1 Å². The smallest absolute Gasteiger partial charge is 0.344 e. The Morgan fingerprint density at radius 2 is 1.93 bits per heavy atom. The summed E-state index contributed by atoms with van der Waals surface area (Å²) in [6, 6.07) is 13.9. The largest absolute Gasteiger partial charge is 0.459 e. The molecule has 0 aliphatic heterocycles. The van der Waals surface area contributed by atoms with Gasteiger partial charge in [-0.25, -0.2) is 9.59 Å². The number of halogens is 1. The van der Waals surface area contributed by atoms with Crippen molar-refractivity contribution in [2.24, 2.45) is 5.92 Å². The molecule has 4 rings (SSSR count). The van der Waals surface area contributed by atoms with Gasteiger partial charge in [0.1, 0.15) is 11.7 Å². The van der Waals surface area contributed by atoms with Gasteiger partial charge in [-0.15, -0.1) is 0 Å². The SMILES string of the molecule is C[C@H]1CCC[C@H](OC(=O)c2ccc(Cl)c(-c3cc4ccccc4oc3=O)c2)C1. The molecule has 0 saturated heterocycles. The van der Waals surface area contributed by atoms with E-state index in [9.17, 15) is 9.59 Å². The molecule has 1 aliphatic rings. The summed E-state index contributed by atoms with van der Waals surface area (Å²) < 4.78 is 11.1. The van der Waals surface area contributed by atoms with Gasteiger partial charge in [0, 0.05) is 16.0 Å². The fraction of sp³-hybridized carbons (Fsp3) is 0.304. The average molecular weight is 397 g/mol. The van der Waals surface area contributed by atoms with Crippen molar-refractivity contribution in [1.82, 2.24) is 0 Å². The minimum absolute atomic E-state index is 0.0545. The van der Waals surface area contributed by atoms with E-state index in [2.05, 4.69) is 6.92 Å². The highest BCUT2D eigenvalue weighted by atomic mass is 35.5. The highest BCUT2D eigenvalue weighted by molar-refractivity contribution is 6.33. The van der Waals surface area contributed by atoms with Crippen LogP contribution in [0.3, 0.4) is 0 Å². The van der Waals surface area contributed by atoms with Gasteiger partial charge < -0.3 is 9.15 Å². The van der Waals surface area contributed by atoms with Crippen LogP contribution >= 0.6 is 11.6 Å². The van der Waals surface area contributed by atoms with Gasteiger partial charge in [0.2, 0.25) is 0 Å². The van der Waals surface area contributed by atoms with Crippen LogP contribution in [-0.4, -0.2) is 12.1 Å². The molecular formula is C23H21ClO4. The Balaban J connectivity index is 1.67. The zero-order chi connectivity index (χ0) is 19.7. The summed E-state index contributed by atoms with van der Waals surface area (Å²) in [4.78, 5) is 25.1. The van der Waals surface area contributed by atoms with Gasteiger partial charge in [-0.05, 0) is 55.5 Å². The highest BCUT2D eigenvalue weighted by Gasteiger charge is 2.23. The van der Waals surface area contributed by atoms with Crippen molar-refractivity contribution in [2.75, 3.05) is 0 Å². The quantitative estimate of drug-likeness (QED) is 0.411. The van der Waals surface area contributed by atoms with Crippen LogP contribution in [0.1, 0.15) is 43.0 Å². The first-order chi connectivity index (χ1) is 13.5. The minimum Gasteiger partial charge on any atom is -0.459 e. The summed E-state index contributed by atoms with van der Waals surface area (Å²) in [6.07, 6.45) is 3.98. The predicted octanol–water partition coefficient (Wildman–Crippen LogP) is 5.85. The van der Waals surface area contributed by atoms with Crippen LogP contribution in [0, 0.1) is 5.92 Å². The molecule has 1 aromatic heterocycles. The monoisotopic (exact) mass is 396 g/mol. The molecule has 0 amide bonds. The summed E-state index contributed by atoms with van der Waals surface area (Å²) >= 11 is 6.34. The van der Waals surface area contributed by atoms with E-state index in [4.69, 9.17) is 20.8 Å². The van der Waals surface area contributed by atoms with Gasteiger partial charge >= 0.3 is 11.6 Å². The molecule has 0 unspecified atom stereocenters. The maximum Gasteiger partial charge on any atom is 0.344 e. The number of ether oxygens (including phenoxy) is 1. The molecule has 2 atom stereocenters. The van der Waals surface area contributed by atoms with E-state index in [0.29, 0.717) is 33.2 Å². The lowest BCUT2D eigenvalue weighted by Gasteiger charge is -2.26. The highest BCUT2D eigenvalue weighted by Crippen LogP contribution is 2.30. The molecule has 0 N–H and O–H groups in total. The molecule has 28 heavy (non-hydrogen) atoms. The van der Waals surface area contributed by atoms with Crippen molar-refractivity contribution in [1.29, 1.82) is 0 Å². The molecule has 0 spiro atoms. The zero-order valence-corrected chi connectivity index (χ0v) is 16.4. The Kier molecular flexibility index (Phi) is 5.23. The van der Waals surface area contributed by atoms with Gasteiger partial charge in [-0.2, -0.15) is 0 Å². The molecule has 0 radical (unpaired) electrons. The molecular weight excluding hydrogens is 376 g/mol. The lowest BCUT2D eigenvalue weighted by molar-refractivity contribution is 0.0155. The third-order valence-electron chi connectivity index (χ3n) is 5.30. The number of benzene rings is 2. The second-order valence-electron chi connectivity index (χ2n) is 7.48. The van der Waals surface area contributed by atoms with Crippen LogP contribution in [0.5, 0.6) is 0 Å². The molecule has 0 bridgehead atoms. The Labute approximate surface area is 168 Å². The number of hydrogen-bond donors (Lipinski definition) is 0. The number of esters is 1. The average Bonchev–Trinajstić information content (AvgIpc) is 2.68. The number of fused-ring (bicyclic) bond motifs is 1. The maximum absolute atomic E-state index is 12.6. The van der Waals surface area contributed by atoms with Gasteiger partial charge in [0.05, 0.1) is 11.1 Å². The number of carbonyl (C=O) groups is 1. The second kappa shape index (κ2) is 7.80. The molecule has 1 saturated carbocycles. The fourth-order valence-electron chi connectivity index (χ4n) is 3.81. The molecule has 4 nitrogen and oxygen atoms in total. The van der Waals surface area contributed by atoms with Crippen LogP contribution in [0.25, 0.3) is 22.1 Å². The maximum atomic E-state index is 12.6. The third kappa shape index (κ3) is 3.83. The molecule has 1 aliphatic carbocycles. The van der Waals surface area contributed by atoms with Gasteiger partial charge in [-0.1, -0.05) is 43.1 Å². The van der Waals surface area contributed by atoms with E-state index >= 15 is 0 Å². The van der Waals surface area contributed by atoms with Crippen molar-refractivity contribution in [2.45, 2.75) is 38.7 Å². The first kappa shape index (κ1) is 18.8. The van der Waals surface area contributed by atoms with Gasteiger partial charge in [0.25, 0.3) is 0 Å². The summed E-state index contributed by atoms with van der Waals surface area (Å²) in [5.74, 6) is 0.178. The third-order valence-corrected chi connectivity index (χ3v) is 5.63. The summed E-state index contributed by atoms with van der Waals surface area (Å²) in [6.45, 7) is 2.18. The summed E-state index contributed by atoms with van der Waals surface area (Å²) in [7, 11) is 0. The molecule has 2 aromatic carbocycles. The van der Waals surface area contributed by atoms with E-state index in [0.717, 1.165) is 24.6 Å². The van der Waals surface area contributed by atoms with Crippen molar-refractivity contribution in [3.8, 4) is 11.1 Å². The van der Waals surface area contributed by atoms with Crippen molar-refractivity contribution in [3.05, 3.63) is 69.5 Å². The van der Waals surface area contributed by atoms with E-state index in [1.54, 1.807) is 36.4 Å². The number of hydrogen-bond acceptors (Lipinski definition) is 4. The standard InChI is InChI=1S/C23H21ClO4/c1-14-5-4-7-17(11-14)27-22(25)16-9-10-20(24)18(13-16)19-12-15-6-2-3-8-21(15)28-23(19)26/h2-3,6,8-10,12-14,17H,4-5,7,11H2,1H3/t14-,17-/m0/s1. The molecule has 1 heterocycles. The number of para-hydroxylation sites is 1. The second-order valence-corrected chi connectivity index (χ2v) is 7.89. The number of carbonyl (C=O) groups excluding carboxylic acids is 1. The summed E-state index contributed by atoms with van der Waals surface area (Å²) in [5.41, 5.74) is 1.18. The van der Waals surface area contributed by atoms with Crippen LogP contribution in [0.2, 0.25) is 5.02 Å². The van der Waals surface area contributed by atoms with E-state index in [1.807, 2.05) is 12.1 Å². The molecule has 144 valence electrons. The van der Waals surface area contributed by atoms with Crippen LogP contribution < -0.4 is 5.63 Å². The van der Waals surface area contributed by atoms with E-state index in [1.165, 1.54) is 6.42 Å². The topological polar surface area (TPSA) is 56.5 Å². The lowest BCUT2D eigenvalue weighted by Crippen LogP contribution is -2.24. The first-order valence-electron chi connectivity index (χ1n) is 9.55. The van der Waals surface area contributed by atoms with Gasteiger partial charge in [-0.3, -0.25) is 0 Å². The number of rotatable bonds is 3. The van der Waals surface area contributed by atoms with Crippen LogP contribution in [0.4, 0.5) is 0 Å². The normalized spacial score (nSPS) is 19.5. The Hall–Kier alpha value is -2.59. The van der Waals surface area contributed by atoms with Crippen molar-refractivity contribution < 1.29 is 13.9 Å². The molecule has 1 fully saturated rings. The van der Waals surface area contributed by atoms with Crippen molar-refractivity contribution in [3.63, 3.8) is 0 Å². The predicted molar refractivity (Wildman–Crippen MR) is 110 cm³/mol. The molecule has 3 aromatic rings. The lowest BCUT2D eigenvalue weighted by atomic mass is 9.89. The first-order valence-corrected chi connectivity index (χ1v) is 9.93. The Bertz CT molecular complexity index is 1090. The fourth-order valence-corrected chi connectivity index (χ4v) is 4.03. The van der Waals surface area contributed by atoms with E-state index < -0.39 is 5.63 Å². The van der Waals surface area contributed by atoms with Crippen LogP contribution in [-0.2, 0) is 4.74 Å².